The van der Waals surface area contributed by atoms with Crippen LogP contribution >= 0.6 is 0 Å². The summed E-state index contributed by atoms with van der Waals surface area (Å²) in [5.74, 6) is 0. The van der Waals surface area contributed by atoms with Gasteiger partial charge in [0.1, 0.15) is 0 Å². The van der Waals surface area contributed by atoms with Crippen molar-refractivity contribution >= 4 is 16.8 Å². The van der Waals surface area contributed by atoms with Gasteiger partial charge >= 0.3 is 6.03 Å². The monoisotopic (exact) mass is 346 g/mol. The fourth-order valence-corrected chi connectivity index (χ4v) is 2.73. The molecule has 2 aromatic carbocycles. The Hall–Kier alpha value is -2.18. The van der Waals surface area contributed by atoms with E-state index in [-0.39, 0.29) is 12.6 Å². The van der Waals surface area contributed by atoms with E-state index in [2.05, 4.69) is 10.6 Å². The molecule has 3 N–H and O–H groups in total. The summed E-state index contributed by atoms with van der Waals surface area (Å²) < 4.78 is 11.3. The van der Waals surface area contributed by atoms with Crippen molar-refractivity contribution in [2.45, 2.75) is 24.0 Å². The Morgan fingerprint density at radius 1 is 1.04 bits per heavy atom. The molecule has 2 aromatic rings. The first-order valence-electron chi connectivity index (χ1n) is 7.70. The molecule has 2 atom stereocenters. The van der Waals surface area contributed by atoms with E-state index < -0.39 is 16.9 Å². The number of amides is 2. The molecule has 0 saturated carbocycles. The molecule has 0 fully saturated rings. The number of urea groups is 1. The molecule has 6 heteroatoms. The van der Waals surface area contributed by atoms with Crippen LogP contribution in [0.15, 0.2) is 59.5 Å². The molecular weight excluding hydrogens is 324 g/mol. The third kappa shape index (κ3) is 6.14. The van der Waals surface area contributed by atoms with Crippen LogP contribution in [0, 0.1) is 0 Å². The van der Waals surface area contributed by atoms with E-state index in [4.69, 9.17) is 0 Å². The van der Waals surface area contributed by atoms with E-state index in [0.29, 0.717) is 13.0 Å². The molecule has 128 valence electrons. The van der Waals surface area contributed by atoms with Crippen molar-refractivity contribution in [3.63, 3.8) is 0 Å². The maximum Gasteiger partial charge on any atom is 0.315 e. The van der Waals surface area contributed by atoms with Crippen molar-refractivity contribution in [2.75, 3.05) is 12.8 Å². The molecular formula is C18H22N2O3S. The van der Waals surface area contributed by atoms with Gasteiger partial charge in [0.2, 0.25) is 0 Å². The normalized spacial score (nSPS) is 13.1. The Bertz CT molecular complexity index is 674. The largest absolute Gasteiger partial charge is 0.391 e. The van der Waals surface area contributed by atoms with Crippen molar-refractivity contribution in [1.82, 2.24) is 10.6 Å². The van der Waals surface area contributed by atoms with Gasteiger partial charge in [-0.05, 0) is 23.3 Å². The minimum absolute atomic E-state index is 0.189. The summed E-state index contributed by atoms with van der Waals surface area (Å²) in [5, 5.41) is 15.3. The Labute approximate surface area is 144 Å². The van der Waals surface area contributed by atoms with Crippen LogP contribution in [0.1, 0.15) is 11.1 Å². The first kappa shape index (κ1) is 18.2. The second kappa shape index (κ2) is 9.20. The van der Waals surface area contributed by atoms with Gasteiger partial charge in [0, 0.05) is 41.5 Å². The van der Waals surface area contributed by atoms with Gasteiger partial charge in [-0.25, -0.2) is 4.79 Å². The van der Waals surface area contributed by atoms with Crippen molar-refractivity contribution in [2.24, 2.45) is 0 Å². The second-order valence-corrected chi connectivity index (χ2v) is 6.88. The zero-order chi connectivity index (χ0) is 17.4. The van der Waals surface area contributed by atoms with Crippen molar-refractivity contribution in [3.8, 4) is 0 Å². The Balaban J connectivity index is 1.70. The fourth-order valence-electron chi connectivity index (χ4n) is 2.21. The van der Waals surface area contributed by atoms with Gasteiger partial charge in [0.15, 0.2) is 0 Å². The van der Waals surface area contributed by atoms with Crippen LogP contribution in [0.2, 0.25) is 0 Å². The quantitative estimate of drug-likeness (QED) is 0.716. The van der Waals surface area contributed by atoms with Gasteiger partial charge in [0.25, 0.3) is 0 Å². The molecule has 2 amide bonds. The molecule has 0 aliphatic carbocycles. The summed E-state index contributed by atoms with van der Waals surface area (Å²) in [6.45, 7) is 0.561. The predicted octanol–water partition coefficient (Wildman–Crippen LogP) is 1.83. The van der Waals surface area contributed by atoms with Crippen molar-refractivity contribution < 1.29 is 14.1 Å². The molecule has 0 aliphatic heterocycles. The third-order valence-electron chi connectivity index (χ3n) is 3.52. The maximum absolute atomic E-state index is 11.8. The van der Waals surface area contributed by atoms with Crippen molar-refractivity contribution in [3.05, 3.63) is 65.7 Å². The SMILES string of the molecule is CS(=O)c1ccc(CNC(=O)NCC(O)Cc2ccccc2)cc1. The average molecular weight is 346 g/mol. The number of nitrogens with one attached hydrogen (secondary N) is 2. The highest BCUT2D eigenvalue weighted by Gasteiger charge is 2.08. The van der Waals surface area contributed by atoms with Crippen LogP contribution in [-0.4, -0.2) is 34.3 Å². The number of hydrogen-bond donors (Lipinski definition) is 3. The van der Waals surface area contributed by atoms with E-state index in [1.807, 2.05) is 42.5 Å². The molecule has 0 spiro atoms. The molecule has 0 radical (unpaired) electrons. The summed E-state index contributed by atoms with van der Waals surface area (Å²) in [6.07, 6.45) is 1.50. The van der Waals surface area contributed by atoms with Crippen LogP contribution < -0.4 is 10.6 Å². The lowest BCUT2D eigenvalue weighted by molar-refractivity contribution is 0.170. The minimum atomic E-state index is -1.00. The van der Waals surface area contributed by atoms with E-state index in [9.17, 15) is 14.1 Å². The summed E-state index contributed by atoms with van der Waals surface area (Å²) in [5.41, 5.74) is 1.95. The summed E-state index contributed by atoms with van der Waals surface area (Å²) in [7, 11) is -1.00. The van der Waals surface area contributed by atoms with Crippen LogP contribution in [-0.2, 0) is 23.8 Å². The minimum Gasteiger partial charge on any atom is -0.391 e. The van der Waals surface area contributed by atoms with Crippen LogP contribution in [0.4, 0.5) is 4.79 Å². The van der Waals surface area contributed by atoms with Gasteiger partial charge in [-0.15, -0.1) is 0 Å². The van der Waals surface area contributed by atoms with E-state index >= 15 is 0 Å². The average Bonchev–Trinajstić information content (AvgIpc) is 2.59. The summed E-state index contributed by atoms with van der Waals surface area (Å²) in [4.78, 5) is 12.5. The number of carbonyl (C=O) groups excluding carboxylic acids is 1. The van der Waals surface area contributed by atoms with E-state index in [1.165, 1.54) is 0 Å². The lowest BCUT2D eigenvalue weighted by Gasteiger charge is -2.13. The molecule has 0 heterocycles. The van der Waals surface area contributed by atoms with Gasteiger partial charge < -0.3 is 15.7 Å². The van der Waals surface area contributed by atoms with E-state index in [1.54, 1.807) is 18.4 Å². The van der Waals surface area contributed by atoms with Gasteiger partial charge in [-0.1, -0.05) is 42.5 Å². The lowest BCUT2D eigenvalue weighted by Crippen LogP contribution is -2.39. The number of aliphatic hydroxyl groups excluding tert-OH is 1. The molecule has 2 rings (SSSR count). The number of aliphatic hydroxyl groups is 1. The highest BCUT2D eigenvalue weighted by Crippen LogP contribution is 2.07. The molecule has 0 aromatic heterocycles. The fraction of sp³-hybridized carbons (Fsp3) is 0.278. The molecule has 0 aliphatic rings. The topological polar surface area (TPSA) is 78.4 Å². The van der Waals surface area contributed by atoms with E-state index in [0.717, 1.165) is 16.0 Å². The highest BCUT2D eigenvalue weighted by molar-refractivity contribution is 7.84. The highest BCUT2D eigenvalue weighted by atomic mass is 32.2. The Kier molecular flexibility index (Phi) is 6.96. The number of hydrogen-bond acceptors (Lipinski definition) is 3. The van der Waals surface area contributed by atoms with Crippen LogP contribution in [0.3, 0.4) is 0 Å². The zero-order valence-corrected chi connectivity index (χ0v) is 14.4. The Morgan fingerprint density at radius 2 is 1.71 bits per heavy atom. The van der Waals surface area contributed by atoms with Gasteiger partial charge in [-0.2, -0.15) is 0 Å². The molecule has 24 heavy (non-hydrogen) atoms. The maximum atomic E-state index is 11.8. The summed E-state index contributed by atoms with van der Waals surface area (Å²) >= 11 is 0. The molecule has 0 saturated heterocycles. The molecule has 5 nitrogen and oxygen atoms in total. The molecule has 2 unspecified atom stereocenters. The summed E-state index contributed by atoms with van der Waals surface area (Å²) in [6, 6.07) is 16.6. The first-order chi connectivity index (χ1) is 11.5. The smallest absolute Gasteiger partial charge is 0.315 e. The van der Waals surface area contributed by atoms with Gasteiger partial charge in [0.05, 0.1) is 6.10 Å². The van der Waals surface area contributed by atoms with Gasteiger partial charge in [-0.3, -0.25) is 4.21 Å². The first-order valence-corrected chi connectivity index (χ1v) is 9.26. The standard InChI is InChI=1S/C18H22N2O3S/c1-24(23)17-9-7-15(8-10-17)12-19-18(22)20-13-16(21)11-14-5-3-2-4-6-14/h2-10,16,21H,11-13H2,1H3,(H2,19,20,22). The Morgan fingerprint density at radius 3 is 2.33 bits per heavy atom. The number of benzene rings is 2. The zero-order valence-electron chi connectivity index (χ0n) is 13.6. The molecule has 0 bridgehead atoms. The number of rotatable bonds is 7. The predicted molar refractivity (Wildman–Crippen MR) is 95.2 cm³/mol. The third-order valence-corrected chi connectivity index (χ3v) is 4.46. The van der Waals surface area contributed by atoms with Crippen LogP contribution in [0.25, 0.3) is 0 Å². The van der Waals surface area contributed by atoms with Crippen molar-refractivity contribution in [1.29, 1.82) is 0 Å². The van der Waals surface area contributed by atoms with Crippen LogP contribution in [0.5, 0.6) is 0 Å². The second-order valence-electron chi connectivity index (χ2n) is 5.51. The lowest BCUT2D eigenvalue weighted by atomic mass is 10.1. The number of carbonyl (C=O) groups is 1.